The molecule has 0 heterocycles. The zero-order valence-corrected chi connectivity index (χ0v) is 11.6. The number of carbonyl (C=O) groups is 2. The highest BCUT2D eigenvalue weighted by Gasteiger charge is 2.12. The van der Waals surface area contributed by atoms with Gasteiger partial charge >= 0.3 is 0 Å². The van der Waals surface area contributed by atoms with Gasteiger partial charge in [-0.05, 0) is 38.5 Å². The van der Waals surface area contributed by atoms with E-state index in [1.807, 2.05) is 20.8 Å². The lowest BCUT2D eigenvalue weighted by Gasteiger charge is -2.12. The summed E-state index contributed by atoms with van der Waals surface area (Å²) in [5, 5.41) is 5.49. The summed E-state index contributed by atoms with van der Waals surface area (Å²) >= 11 is 0. The predicted molar refractivity (Wildman–Crippen MR) is 75.9 cm³/mol. The first-order valence-electron chi connectivity index (χ1n) is 6.41. The molecule has 1 aromatic carbocycles. The first kappa shape index (κ1) is 15.2. The molecule has 0 aromatic heterocycles. The molecule has 0 fully saturated rings. The van der Waals surface area contributed by atoms with Crippen LogP contribution in [0.25, 0.3) is 0 Å². The van der Waals surface area contributed by atoms with Crippen molar-refractivity contribution in [3.8, 4) is 0 Å². The lowest BCUT2D eigenvalue weighted by molar-refractivity contribution is -0.117. The van der Waals surface area contributed by atoms with Crippen molar-refractivity contribution in [2.24, 2.45) is 5.73 Å². The van der Waals surface area contributed by atoms with Crippen LogP contribution < -0.4 is 16.4 Å². The van der Waals surface area contributed by atoms with E-state index in [0.717, 1.165) is 0 Å². The van der Waals surface area contributed by atoms with Gasteiger partial charge in [0.05, 0.1) is 6.04 Å². The van der Waals surface area contributed by atoms with Crippen LogP contribution in [0.2, 0.25) is 0 Å². The number of amides is 2. The van der Waals surface area contributed by atoms with Crippen LogP contribution in [0.15, 0.2) is 24.3 Å². The summed E-state index contributed by atoms with van der Waals surface area (Å²) in [6, 6.07) is 6.33. The van der Waals surface area contributed by atoms with Gasteiger partial charge in [0.1, 0.15) is 0 Å². The Hall–Kier alpha value is -1.88. The van der Waals surface area contributed by atoms with Crippen LogP contribution >= 0.6 is 0 Å². The molecule has 0 aliphatic heterocycles. The number of benzene rings is 1. The van der Waals surface area contributed by atoms with Crippen LogP contribution in [0.1, 0.15) is 37.6 Å². The number of nitrogens with one attached hydrogen (secondary N) is 2. The fraction of sp³-hybridized carbons (Fsp3) is 0.429. The molecule has 5 heteroatoms. The van der Waals surface area contributed by atoms with Crippen molar-refractivity contribution in [1.82, 2.24) is 5.32 Å². The predicted octanol–water partition coefficient (Wildman–Crippen LogP) is 1.50. The van der Waals surface area contributed by atoms with Crippen LogP contribution in [-0.2, 0) is 4.79 Å². The Balaban J connectivity index is 2.77. The fourth-order valence-electron chi connectivity index (χ4n) is 1.50. The van der Waals surface area contributed by atoms with E-state index in [1.165, 1.54) is 0 Å². The van der Waals surface area contributed by atoms with Gasteiger partial charge < -0.3 is 16.4 Å². The molecule has 0 radical (unpaired) electrons. The summed E-state index contributed by atoms with van der Waals surface area (Å²) in [6.45, 7) is 5.63. The summed E-state index contributed by atoms with van der Waals surface area (Å²) in [7, 11) is 0. The first-order valence-corrected chi connectivity index (χ1v) is 6.41. The molecule has 0 spiro atoms. The zero-order valence-electron chi connectivity index (χ0n) is 11.6. The Morgan fingerprint density at radius 2 is 2.00 bits per heavy atom. The first-order chi connectivity index (χ1) is 8.93. The molecule has 0 bridgehead atoms. The van der Waals surface area contributed by atoms with Crippen molar-refractivity contribution in [3.05, 3.63) is 29.8 Å². The number of rotatable bonds is 5. The van der Waals surface area contributed by atoms with Gasteiger partial charge in [-0.2, -0.15) is 0 Å². The lowest BCUT2D eigenvalue weighted by atomic mass is 10.1. The maximum Gasteiger partial charge on any atom is 0.251 e. The van der Waals surface area contributed by atoms with E-state index < -0.39 is 6.04 Å². The van der Waals surface area contributed by atoms with Gasteiger partial charge in [0, 0.05) is 17.3 Å². The molecule has 0 aliphatic rings. The average Bonchev–Trinajstić information content (AvgIpc) is 2.37. The third-order valence-electron chi connectivity index (χ3n) is 2.59. The quantitative estimate of drug-likeness (QED) is 0.752. The summed E-state index contributed by atoms with van der Waals surface area (Å²) < 4.78 is 0. The van der Waals surface area contributed by atoms with Crippen LogP contribution in [0, 0.1) is 0 Å². The smallest absolute Gasteiger partial charge is 0.251 e. The van der Waals surface area contributed by atoms with Crippen molar-refractivity contribution < 1.29 is 9.59 Å². The van der Waals surface area contributed by atoms with E-state index in [2.05, 4.69) is 10.6 Å². The Morgan fingerprint density at radius 1 is 1.32 bits per heavy atom. The van der Waals surface area contributed by atoms with Crippen molar-refractivity contribution in [2.75, 3.05) is 5.32 Å². The minimum Gasteiger partial charge on any atom is -0.350 e. The molecule has 5 nitrogen and oxygen atoms in total. The Kier molecular flexibility index (Phi) is 5.51. The monoisotopic (exact) mass is 263 g/mol. The zero-order chi connectivity index (χ0) is 14.4. The fourth-order valence-corrected chi connectivity index (χ4v) is 1.50. The van der Waals surface area contributed by atoms with Crippen LogP contribution in [0.5, 0.6) is 0 Å². The summed E-state index contributed by atoms with van der Waals surface area (Å²) in [4.78, 5) is 23.5. The van der Waals surface area contributed by atoms with Gasteiger partial charge in [0.2, 0.25) is 5.91 Å². The van der Waals surface area contributed by atoms with E-state index in [9.17, 15) is 9.59 Å². The molecule has 1 atom stereocenters. The summed E-state index contributed by atoms with van der Waals surface area (Å²) in [6.07, 6.45) is 0.569. The maximum atomic E-state index is 11.8. The van der Waals surface area contributed by atoms with Crippen molar-refractivity contribution in [1.29, 1.82) is 0 Å². The van der Waals surface area contributed by atoms with E-state index in [-0.39, 0.29) is 17.9 Å². The van der Waals surface area contributed by atoms with E-state index in [4.69, 9.17) is 5.73 Å². The second kappa shape index (κ2) is 6.89. The number of hydrogen-bond donors (Lipinski definition) is 3. The highest BCUT2D eigenvalue weighted by Crippen LogP contribution is 2.11. The molecule has 104 valence electrons. The summed E-state index contributed by atoms with van der Waals surface area (Å²) in [5.74, 6) is -0.408. The molecule has 1 aromatic rings. The number of nitrogens with two attached hydrogens (primary N) is 1. The van der Waals surface area contributed by atoms with Gasteiger partial charge in [-0.1, -0.05) is 13.0 Å². The maximum absolute atomic E-state index is 11.8. The van der Waals surface area contributed by atoms with Crippen LogP contribution in [-0.4, -0.2) is 23.9 Å². The van der Waals surface area contributed by atoms with Crippen molar-refractivity contribution in [2.45, 2.75) is 39.3 Å². The molecule has 1 unspecified atom stereocenters. The topological polar surface area (TPSA) is 84.2 Å². The second-order valence-corrected chi connectivity index (χ2v) is 4.71. The third kappa shape index (κ3) is 4.71. The standard InChI is InChI=1S/C14H21N3O2/c1-4-12(15)14(19)17-11-7-5-6-10(8-11)13(18)16-9(2)3/h5-9,12H,4,15H2,1-3H3,(H,16,18)(H,17,19). The van der Waals surface area contributed by atoms with Gasteiger partial charge in [-0.3, -0.25) is 9.59 Å². The highest BCUT2D eigenvalue weighted by atomic mass is 16.2. The number of anilines is 1. The van der Waals surface area contributed by atoms with Gasteiger partial charge in [0.25, 0.3) is 5.91 Å². The van der Waals surface area contributed by atoms with Gasteiger partial charge in [-0.25, -0.2) is 0 Å². The molecular formula is C14H21N3O2. The van der Waals surface area contributed by atoms with Crippen molar-refractivity contribution in [3.63, 3.8) is 0 Å². The Morgan fingerprint density at radius 3 is 2.58 bits per heavy atom. The van der Waals surface area contributed by atoms with Gasteiger partial charge in [-0.15, -0.1) is 0 Å². The average molecular weight is 263 g/mol. The van der Waals surface area contributed by atoms with Crippen LogP contribution in [0.3, 0.4) is 0 Å². The number of carbonyl (C=O) groups excluding carboxylic acids is 2. The molecular weight excluding hydrogens is 242 g/mol. The normalized spacial score (nSPS) is 12.1. The SMILES string of the molecule is CCC(N)C(=O)Nc1cccc(C(=O)NC(C)C)c1. The largest absolute Gasteiger partial charge is 0.350 e. The Bertz CT molecular complexity index is 458. The number of hydrogen-bond acceptors (Lipinski definition) is 3. The van der Waals surface area contributed by atoms with Gasteiger partial charge in [0.15, 0.2) is 0 Å². The molecule has 2 amide bonds. The Labute approximate surface area is 113 Å². The van der Waals surface area contributed by atoms with Crippen molar-refractivity contribution >= 4 is 17.5 Å². The highest BCUT2D eigenvalue weighted by molar-refractivity contribution is 5.98. The minimum atomic E-state index is -0.534. The van der Waals surface area contributed by atoms with E-state index in [1.54, 1.807) is 24.3 Å². The molecule has 0 aliphatic carbocycles. The molecule has 19 heavy (non-hydrogen) atoms. The lowest BCUT2D eigenvalue weighted by Crippen LogP contribution is -2.35. The van der Waals surface area contributed by atoms with E-state index >= 15 is 0 Å². The molecule has 0 saturated carbocycles. The molecule has 0 saturated heterocycles. The summed E-state index contributed by atoms with van der Waals surface area (Å²) in [5.41, 5.74) is 6.72. The second-order valence-electron chi connectivity index (χ2n) is 4.71. The minimum absolute atomic E-state index is 0.0688. The third-order valence-corrected chi connectivity index (χ3v) is 2.59. The molecule has 1 rings (SSSR count). The van der Waals surface area contributed by atoms with E-state index in [0.29, 0.717) is 17.7 Å². The van der Waals surface area contributed by atoms with Crippen LogP contribution in [0.4, 0.5) is 5.69 Å². The molecule has 4 N–H and O–H groups in total.